The van der Waals surface area contributed by atoms with E-state index < -0.39 is 0 Å². The minimum atomic E-state index is -0.225. The average molecular weight is 329 g/mol. The van der Waals surface area contributed by atoms with E-state index in [1.54, 1.807) is 0 Å². The van der Waals surface area contributed by atoms with Crippen molar-refractivity contribution in [1.82, 2.24) is 15.1 Å². The number of hydrogen-bond acceptors (Lipinski definition) is 2. The minimum absolute atomic E-state index is 0.139. The van der Waals surface area contributed by atoms with Gasteiger partial charge in [-0.25, -0.2) is 4.39 Å². The molecule has 1 fully saturated rings. The molecule has 1 N–H and O–H groups in total. The van der Waals surface area contributed by atoms with Gasteiger partial charge in [0, 0.05) is 29.8 Å². The van der Waals surface area contributed by atoms with Crippen LogP contribution in [-0.4, -0.2) is 33.6 Å². The molecule has 0 radical (unpaired) electrons. The van der Waals surface area contributed by atoms with Crippen molar-refractivity contribution in [1.29, 1.82) is 0 Å². The highest BCUT2D eigenvalue weighted by Gasteiger charge is 2.36. The lowest BCUT2D eigenvalue weighted by Gasteiger charge is -2.25. The molecule has 5 heteroatoms. The van der Waals surface area contributed by atoms with E-state index in [9.17, 15) is 9.18 Å². The second-order valence-electron chi connectivity index (χ2n) is 6.89. The number of carbonyl (C=O) groups excluding carboxylic acids is 1. The lowest BCUT2D eigenvalue weighted by Crippen LogP contribution is -2.37. The second kappa shape index (κ2) is 6.38. The molecule has 1 aromatic heterocycles. The summed E-state index contributed by atoms with van der Waals surface area (Å²) in [6.45, 7) is 8.60. The molecule has 3 rings (SSSR count). The van der Waals surface area contributed by atoms with Gasteiger partial charge in [0.15, 0.2) is 0 Å². The van der Waals surface area contributed by atoms with Gasteiger partial charge in [-0.15, -0.1) is 0 Å². The summed E-state index contributed by atoms with van der Waals surface area (Å²) >= 11 is 0. The number of nitrogens with one attached hydrogen (secondary N) is 1. The third kappa shape index (κ3) is 2.95. The van der Waals surface area contributed by atoms with Crippen molar-refractivity contribution in [3.63, 3.8) is 0 Å². The number of amides is 1. The summed E-state index contributed by atoms with van der Waals surface area (Å²) in [7, 11) is 0. The van der Waals surface area contributed by atoms with Gasteiger partial charge in [-0.1, -0.05) is 12.1 Å². The maximum absolute atomic E-state index is 13.1. The van der Waals surface area contributed by atoms with Crippen LogP contribution in [0.15, 0.2) is 24.3 Å². The van der Waals surface area contributed by atoms with E-state index in [0.717, 1.165) is 28.9 Å². The molecule has 4 nitrogen and oxygen atoms in total. The molecule has 1 saturated heterocycles. The van der Waals surface area contributed by atoms with Crippen molar-refractivity contribution in [3.05, 3.63) is 52.6 Å². The van der Waals surface area contributed by atoms with Gasteiger partial charge in [0.25, 0.3) is 0 Å². The number of aryl methyl sites for hydroxylation is 2. The fraction of sp³-hybridized carbons (Fsp3) is 0.474. The Morgan fingerprint density at radius 3 is 2.58 bits per heavy atom. The van der Waals surface area contributed by atoms with E-state index >= 15 is 0 Å². The molecule has 2 aromatic rings. The largest absolute Gasteiger partial charge is 0.339 e. The Kier molecular flexibility index (Phi) is 4.43. The molecule has 0 bridgehead atoms. The van der Waals surface area contributed by atoms with Gasteiger partial charge in [0.2, 0.25) is 5.91 Å². The molecule has 1 aromatic carbocycles. The van der Waals surface area contributed by atoms with E-state index in [-0.39, 0.29) is 29.6 Å². The van der Waals surface area contributed by atoms with Crippen molar-refractivity contribution in [2.45, 2.75) is 52.0 Å². The van der Waals surface area contributed by atoms with Crippen LogP contribution in [0.5, 0.6) is 0 Å². The first-order valence-electron chi connectivity index (χ1n) is 8.46. The highest BCUT2D eigenvalue weighted by Crippen LogP contribution is 2.34. The number of likely N-dealkylation sites (tertiary alicyclic amines) is 1. The third-order valence-electron chi connectivity index (χ3n) is 5.19. The lowest BCUT2D eigenvalue weighted by molar-refractivity contribution is -0.133. The summed E-state index contributed by atoms with van der Waals surface area (Å²) in [4.78, 5) is 15.0. The molecular formula is C19H24FN3O. The Labute approximate surface area is 142 Å². The number of benzene rings is 1. The van der Waals surface area contributed by atoms with E-state index in [1.807, 2.05) is 37.8 Å². The zero-order valence-corrected chi connectivity index (χ0v) is 14.6. The normalized spacial score (nSPS) is 22.0. The fourth-order valence-electron chi connectivity index (χ4n) is 3.88. The van der Waals surface area contributed by atoms with Crippen LogP contribution >= 0.6 is 0 Å². The van der Waals surface area contributed by atoms with E-state index in [2.05, 4.69) is 17.1 Å². The van der Waals surface area contributed by atoms with Gasteiger partial charge in [-0.2, -0.15) is 5.10 Å². The maximum Gasteiger partial charge on any atom is 0.230 e. The molecule has 1 amide bonds. The quantitative estimate of drug-likeness (QED) is 0.934. The Hall–Kier alpha value is -2.17. The molecule has 1 aliphatic heterocycles. The number of H-pyrrole nitrogens is 1. The number of aromatic amines is 1. The molecule has 2 heterocycles. The monoisotopic (exact) mass is 329 g/mol. The van der Waals surface area contributed by atoms with Gasteiger partial charge in [-0.3, -0.25) is 9.89 Å². The number of nitrogens with zero attached hydrogens (tertiary/aromatic N) is 2. The smallest absolute Gasteiger partial charge is 0.230 e. The van der Waals surface area contributed by atoms with Crippen LogP contribution < -0.4 is 0 Å². The summed E-state index contributed by atoms with van der Waals surface area (Å²) in [6.07, 6.45) is 0.910. The van der Waals surface area contributed by atoms with Crippen LogP contribution in [-0.2, 0) is 4.79 Å². The number of carbonyl (C=O) groups is 1. The Bertz CT molecular complexity index is 718. The van der Waals surface area contributed by atoms with Crippen LogP contribution in [0, 0.1) is 19.7 Å². The third-order valence-corrected chi connectivity index (χ3v) is 5.19. The number of halogens is 1. The molecule has 0 spiro atoms. The van der Waals surface area contributed by atoms with E-state index in [4.69, 9.17) is 0 Å². The molecule has 3 unspecified atom stereocenters. The molecule has 24 heavy (non-hydrogen) atoms. The SMILES string of the molecule is Cc1n[nH]c(C)c1C(C)C(=O)N1CC(c2ccc(F)cc2)CC1C. The zero-order valence-electron chi connectivity index (χ0n) is 14.6. The van der Waals surface area contributed by atoms with Crippen molar-refractivity contribution in [2.75, 3.05) is 6.54 Å². The topological polar surface area (TPSA) is 49.0 Å². The highest BCUT2D eigenvalue weighted by atomic mass is 19.1. The predicted molar refractivity (Wildman–Crippen MR) is 91.4 cm³/mol. The fourth-order valence-corrected chi connectivity index (χ4v) is 3.88. The molecule has 0 saturated carbocycles. The Morgan fingerprint density at radius 2 is 2.00 bits per heavy atom. The zero-order chi connectivity index (χ0) is 17.4. The summed E-state index contributed by atoms with van der Waals surface area (Å²) < 4.78 is 13.1. The van der Waals surface area contributed by atoms with Crippen molar-refractivity contribution < 1.29 is 9.18 Å². The van der Waals surface area contributed by atoms with E-state index in [0.29, 0.717) is 6.54 Å². The molecule has 128 valence electrons. The van der Waals surface area contributed by atoms with Gasteiger partial charge < -0.3 is 4.90 Å². The second-order valence-corrected chi connectivity index (χ2v) is 6.89. The Morgan fingerprint density at radius 1 is 1.33 bits per heavy atom. The van der Waals surface area contributed by atoms with Gasteiger partial charge >= 0.3 is 0 Å². The predicted octanol–water partition coefficient (Wildman–Crippen LogP) is 3.67. The summed E-state index contributed by atoms with van der Waals surface area (Å²) in [5.41, 5.74) is 3.94. The molecule has 3 atom stereocenters. The van der Waals surface area contributed by atoms with Crippen LogP contribution in [0.25, 0.3) is 0 Å². The number of hydrogen-bond donors (Lipinski definition) is 1. The van der Waals surface area contributed by atoms with Gasteiger partial charge in [0.1, 0.15) is 5.82 Å². The first-order valence-corrected chi connectivity index (χ1v) is 8.46. The molecule has 0 aliphatic carbocycles. The van der Waals surface area contributed by atoms with Gasteiger partial charge in [-0.05, 0) is 51.8 Å². The standard InChI is InChI=1S/C19H24FN3O/c1-11-9-16(15-5-7-17(20)8-6-15)10-23(11)19(24)12(2)18-13(3)21-22-14(18)4/h5-8,11-12,16H,9-10H2,1-4H3,(H,21,22). The van der Waals surface area contributed by atoms with Crippen molar-refractivity contribution in [3.8, 4) is 0 Å². The number of rotatable bonds is 3. The van der Waals surface area contributed by atoms with Crippen LogP contribution in [0.4, 0.5) is 4.39 Å². The lowest BCUT2D eigenvalue weighted by atomic mass is 9.97. The summed E-state index contributed by atoms with van der Waals surface area (Å²) in [6, 6.07) is 6.82. The van der Waals surface area contributed by atoms with Crippen LogP contribution in [0.1, 0.15) is 54.6 Å². The molecular weight excluding hydrogens is 305 g/mol. The average Bonchev–Trinajstić information content (AvgIpc) is 3.09. The summed E-state index contributed by atoms with van der Waals surface area (Å²) in [5, 5.41) is 7.16. The number of aromatic nitrogens is 2. The highest BCUT2D eigenvalue weighted by molar-refractivity contribution is 5.84. The van der Waals surface area contributed by atoms with Crippen LogP contribution in [0.3, 0.4) is 0 Å². The molecule has 1 aliphatic rings. The first-order chi connectivity index (χ1) is 11.4. The van der Waals surface area contributed by atoms with Crippen molar-refractivity contribution >= 4 is 5.91 Å². The van der Waals surface area contributed by atoms with E-state index in [1.165, 1.54) is 12.1 Å². The first kappa shape index (κ1) is 16.7. The van der Waals surface area contributed by atoms with Gasteiger partial charge in [0.05, 0.1) is 11.6 Å². The Balaban J connectivity index is 1.77. The summed E-state index contributed by atoms with van der Waals surface area (Å²) in [5.74, 6) is -0.0292. The maximum atomic E-state index is 13.1. The van der Waals surface area contributed by atoms with Crippen LogP contribution in [0.2, 0.25) is 0 Å². The minimum Gasteiger partial charge on any atom is -0.339 e. The van der Waals surface area contributed by atoms with Crippen molar-refractivity contribution in [2.24, 2.45) is 0 Å².